The van der Waals surface area contributed by atoms with Crippen LogP contribution in [0.2, 0.25) is 0 Å². The second-order valence-electron chi connectivity index (χ2n) is 7.45. The van der Waals surface area contributed by atoms with Crippen LogP contribution in [0.1, 0.15) is 77.9 Å². The van der Waals surface area contributed by atoms with E-state index in [1.807, 2.05) is 0 Å². The molecule has 0 amide bonds. The molecule has 1 aromatic rings. The van der Waals surface area contributed by atoms with Gasteiger partial charge in [-0.1, -0.05) is 53.0 Å². The van der Waals surface area contributed by atoms with Gasteiger partial charge < -0.3 is 5.32 Å². The molecule has 1 rings (SSSR count). The van der Waals surface area contributed by atoms with Crippen LogP contribution in [0, 0.1) is 5.41 Å². The Labute approximate surface area is 122 Å². The van der Waals surface area contributed by atoms with Crippen molar-refractivity contribution in [3.05, 3.63) is 10.6 Å². The molecule has 110 valence electrons. The summed E-state index contributed by atoms with van der Waals surface area (Å²) in [5.41, 5.74) is 1.59. The highest BCUT2D eigenvalue weighted by Crippen LogP contribution is 2.34. The molecule has 1 heterocycles. The lowest BCUT2D eigenvalue weighted by atomic mass is 9.86. The SMILES string of the molecule is CCNC(CCC(C)(C)C)c1snnc1C(C)(C)C. The van der Waals surface area contributed by atoms with Crippen LogP contribution in [0.3, 0.4) is 0 Å². The third-order valence-electron chi connectivity index (χ3n) is 3.17. The minimum atomic E-state index is 0.0672. The minimum Gasteiger partial charge on any atom is -0.309 e. The summed E-state index contributed by atoms with van der Waals surface area (Å²) in [5, 5.41) is 7.96. The first kappa shape index (κ1) is 16.6. The molecule has 4 heteroatoms. The maximum atomic E-state index is 4.36. The lowest BCUT2D eigenvalue weighted by molar-refractivity contribution is 0.333. The fourth-order valence-electron chi connectivity index (χ4n) is 2.10. The van der Waals surface area contributed by atoms with Crippen LogP contribution in [0.25, 0.3) is 0 Å². The molecule has 0 fully saturated rings. The molecule has 1 aromatic heterocycles. The molecule has 0 aliphatic carbocycles. The van der Waals surface area contributed by atoms with Crippen molar-refractivity contribution in [1.29, 1.82) is 0 Å². The van der Waals surface area contributed by atoms with Gasteiger partial charge in [-0.25, -0.2) is 0 Å². The van der Waals surface area contributed by atoms with Crippen molar-refractivity contribution in [2.24, 2.45) is 5.41 Å². The third-order valence-corrected chi connectivity index (χ3v) is 4.01. The molecule has 0 saturated carbocycles. The van der Waals surface area contributed by atoms with Gasteiger partial charge in [0.25, 0.3) is 0 Å². The van der Waals surface area contributed by atoms with Crippen LogP contribution >= 0.6 is 11.5 Å². The zero-order valence-corrected chi connectivity index (χ0v) is 14.3. The van der Waals surface area contributed by atoms with Crippen molar-refractivity contribution < 1.29 is 0 Å². The zero-order chi connectivity index (χ0) is 14.7. The second-order valence-corrected chi connectivity index (χ2v) is 8.23. The number of rotatable bonds is 5. The van der Waals surface area contributed by atoms with Crippen molar-refractivity contribution in [3.63, 3.8) is 0 Å². The summed E-state index contributed by atoms with van der Waals surface area (Å²) in [4.78, 5) is 1.32. The van der Waals surface area contributed by atoms with Gasteiger partial charge in [0.2, 0.25) is 0 Å². The summed E-state index contributed by atoms with van der Waals surface area (Å²) in [6.45, 7) is 16.7. The number of hydrogen-bond acceptors (Lipinski definition) is 4. The maximum Gasteiger partial charge on any atom is 0.0857 e. The lowest BCUT2D eigenvalue weighted by Crippen LogP contribution is -2.25. The van der Waals surface area contributed by atoms with E-state index >= 15 is 0 Å². The highest BCUT2D eigenvalue weighted by molar-refractivity contribution is 7.05. The fraction of sp³-hybridized carbons (Fsp3) is 0.867. The van der Waals surface area contributed by atoms with Gasteiger partial charge in [0.05, 0.1) is 10.6 Å². The zero-order valence-electron chi connectivity index (χ0n) is 13.5. The Balaban J connectivity index is 2.90. The molecule has 0 aliphatic heterocycles. The van der Waals surface area contributed by atoms with E-state index in [1.165, 1.54) is 11.3 Å². The van der Waals surface area contributed by atoms with Crippen LogP contribution in [0.5, 0.6) is 0 Å². The van der Waals surface area contributed by atoms with Gasteiger partial charge >= 0.3 is 0 Å². The van der Waals surface area contributed by atoms with Crippen LogP contribution in [-0.2, 0) is 5.41 Å². The normalized spacial score (nSPS) is 14.7. The summed E-state index contributed by atoms with van der Waals surface area (Å²) in [5.74, 6) is 0. The summed E-state index contributed by atoms with van der Waals surface area (Å²) in [7, 11) is 0. The average Bonchev–Trinajstić information content (AvgIpc) is 2.71. The smallest absolute Gasteiger partial charge is 0.0857 e. The second kappa shape index (κ2) is 6.31. The number of nitrogens with one attached hydrogen (secondary N) is 1. The van der Waals surface area contributed by atoms with Gasteiger partial charge in [-0.2, -0.15) is 0 Å². The van der Waals surface area contributed by atoms with Crippen LogP contribution in [0.4, 0.5) is 0 Å². The minimum absolute atomic E-state index is 0.0672. The quantitative estimate of drug-likeness (QED) is 0.875. The largest absolute Gasteiger partial charge is 0.309 e. The highest BCUT2D eigenvalue weighted by Gasteiger charge is 2.27. The van der Waals surface area contributed by atoms with Gasteiger partial charge in [-0.3, -0.25) is 0 Å². The van der Waals surface area contributed by atoms with Crippen LogP contribution in [0.15, 0.2) is 0 Å². The maximum absolute atomic E-state index is 4.36. The molecule has 0 radical (unpaired) electrons. The predicted molar refractivity (Wildman–Crippen MR) is 83.7 cm³/mol. The third kappa shape index (κ3) is 5.19. The molecule has 1 unspecified atom stereocenters. The first-order chi connectivity index (χ1) is 8.65. The molecule has 0 saturated heterocycles. The molecule has 1 N–H and O–H groups in total. The molecule has 19 heavy (non-hydrogen) atoms. The number of aromatic nitrogens is 2. The Morgan fingerprint density at radius 2 is 1.79 bits per heavy atom. The Hall–Kier alpha value is -0.480. The monoisotopic (exact) mass is 283 g/mol. The standard InChI is InChI=1S/C15H29N3S/c1-8-16-11(9-10-14(2,3)4)12-13(15(5,6)7)17-18-19-12/h11,16H,8-10H2,1-7H3. The van der Waals surface area contributed by atoms with Crippen molar-refractivity contribution in [2.45, 2.75) is 72.8 Å². The van der Waals surface area contributed by atoms with E-state index in [4.69, 9.17) is 0 Å². The van der Waals surface area contributed by atoms with Gasteiger partial charge in [0.15, 0.2) is 0 Å². The summed E-state index contributed by atoms with van der Waals surface area (Å²) in [6.07, 6.45) is 2.34. The van der Waals surface area contributed by atoms with Crippen LogP contribution in [-0.4, -0.2) is 16.1 Å². The first-order valence-electron chi connectivity index (χ1n) is 7.21. The summed E-state index contributed by atoms with van der Waals surface area (Å²) >= 11 is 1.55. The average molecular weight is 283 g/mol. The van der Waals surface area contributed by atoms with Gasteiger partial charge in [0.1, 0.15) is 0 Å². The van der Waals surface area contributed by atoms with Gasteiger partial charge in [-0.15, -0.1) is 5.10 Å². The molecule has 0 spiro atoms. The molecular formula is C15H29N3S. The predicted octanol–water partition coefficient (Wildman–Crippen LogP) is 4.31. The first-order valence-corrected chi connectivity index (χ1v) is 7.98. The van der Waals surface area contributed by atoms with E-state index < -0.39 is 0 Å². The van der Waals surface area contributed by atoms with Gasteiger partial charge in [-0.05, 0) is 36.3 Å². The molecule has 0 aromatic carbocycles. The Bertz CT molecular complexity index is 385. The van der Waals surface area contributed by atoms with E-state index in [9.17, 15) is 0 Å². The van der Waals surface area contributed by atoms with Crippen molar-refractivity contribution in [2.75, 3.05) is 6.54 Å². The van der Waals surface area contributed by atoms with Crippen molar-refractivity contribution >= 4 is 11.5 Å². The van der Waals surface area contributed by atoms with E-state index in [1.54, 1.807) is 11.5 Å². The highest BCUT2D eigenvalue weighted by atomic mass is 32.1. The van der Waals surface area contributed by atoms with Crippen molar-refractivity contribution in [1.82, 2.24) is 14.9 Å². The number of nitrogens with zero attached hydrogens (tertiary/aromatic N) is 2. The molecule has 1 atom stereocenters. The van der Waals surface area contributed by atoms with E-state index in [2.05, 4.69) is 63.4 Å². The molecular weight excluding hydrogens is 254 g/mol. The van der Waals surface area contributed by atoms with Crippen LogP contribution < -0.4 is 5.32 Å². The summed E-state index contributed by atoms with van der Waals surface area (Å²) < 4.78 is 4.19. The summed E-state index contributed by atoms with van der Waals surface area (Å²) in [6, 6.07) is 0.387. The van der Waals surface area contributed by atoms with E-state index in [-0.39, 0.29) is 5.41 Å². The Morgan fingerprint density at radius 1 is 1.16 bits per heavy atom. The molecule has 3 nitrogen and oxygen atoms in total. The number of hydrogen-bond donors (Lipinski definition) is 1. The molecule has 0 aliphatic rings. The van der Waals surface area contributed by atoms with E-state index in [0.717, 1.165) is 18.7 Å². The molecule has 0 bridgehead atoms. The Kier molecular flexibility index (Phi) is 5.51. The fourth-order valence-corrected chi connectivity index (χ4v) is 3.07. The Morgan fingerprint density at radius 3 is 2.26 bits per heavy atom. The topological polar surface area (TPSA) is 37.8 Å². The van der Waals surface area contributed by atoms with E-state index in [0.29, 0.717) is 11.5 Å². The van der Waals surface area contributed by atoms with Crippen molar-refractivity contribution in [3.8, 4) is 0 Å². The lowest BCUT2D eigenvalue weighted by Gasteiger charge is -2.25. The van der Waals surface area contributed by atoms with Gasteiger partial charge in [0, 0.05) is 11.5 Å².